The third-order valence-corrected chi connectivity index (χ3v) is 4.00. The first-order chi connectivity index (χ1) is 9.66. The molecule has 1 N–H and O–H groups in total. The molecule has 1 aliphatic heterocycles. The van der Waals surface area contributed by atoms with Crippen LogP contribution in [0.5, 0.6) is 0 Å². The van der Waals surface area contributed by atoms with E-state index in [1.165, 1.54) is 0 Å². The maximum atomic E-state index is 14.1. The first-order valence-corrected chi connectivity index (χ1v) is 7.07. The standard InChI is InChI=1S/C16H16ClFN2/c1-11-9-19-14-7-2-3-8-15(14)20(11)10-12-5-4-6-13(17)16(12)18/h2-8,11,19H,9-10H2,1H3. The molecule has 20 heavy (non-hydrogen) atoms. The zero-order valence-corrected chi connectivity index (χ0v) is 12.0. The van der Waals surface area contributed by atoms with Crippen LogP contribution in [0.4, 0.5) is 15.8 Å². The van der Waals surface area contributed by atoms with E-state index in [-0.39, 0.29) is 10.8 Å². The second-order valence-corrected chi connectivity index (χ2v) is 5.50. The Hall–Kier alpha value is -1.74. The van der Waals surface area contributed by atoms with E-state index in [4.69, 9.17) is 11.6 Å². The minimum absolute atomic E-state index is 0.179. The van der Waals surface area contributed by atoms with Crippen molar-refractivity contribution in [2.75, 3.05) is 16.8 Å². The highest BCUT2D eigenvalue weighted by Crippen LogP contribution is 2.33. The van der Waals surface area contributed by atoms with Crippen LogP contribution in [0, 0.1) is 5.82 Å². The van der Waals surface area contributed by atoms with E-state index in [9.17, 15) is 4.39 Å². The zero-order valence-electron chi connectivity index (χ0n) is 11.2. The molecule has 0 spiro atoms. The predicted octanol–water partition coefficient (Wildman–Crippen LogP) is 4.30. The molecule has 2 nitrogen and oxygen atoms in total. The molecule has 104 valence electrons. The van der Waals surface area contributed by atoms with Gasteiger partial charge in [-0.05, 0) is 25.1 Å². The van der Waals surface area contributed by atoms with E-state index in [2.05, 4.69) is 23.2 Å². The maximum Gasteiger partial charge on any atom is 0.146 e. The Morgan fingerprint density at radius 2 is 2.05 bits per heavy atom. The fourth-order valence-electron chi connectivity index (χ4n) is 2.57. The van der Waals surface area contributed by atoms with Gasteiger partial charge >= 0.3 is 0 Å². The lowest BCUT2D eigenvalue weighted by atomic mass is 10.1. The third-order valence-electron chi connectivity index (χ3n) is 3.71. The van der Waals surface area contributed by atoms with Crippen molar-refractivity contribution in [1.29, 1.82) is 0 Å². The van der Waals surface area contributed by atoms with E-state index >= 15 is 0 Å². The van der Waals surface area contributed by atoms with Crippen molar-refractivity contribution in [3.8, 4) is 0 Å². The minimum atomic E-state index is -0.322. The number of fused-ring (bicyclic) bond motifs is 1. The van der Waals surface area contributed by atoms with E-state index in [1.54, 1.807) is 18.2 Å². The van der Waals surface area contributed by atoms with Crippen molar-refractivity contribution in [2.45, 2.75) is 19.5 Å². The summed E-state index contributed by atoms with van der Waals surface area (Å²) >= 11 is 5.86. The quantitative estimate of drug-likeness (QED) is 0.887. The van der Waals surface area contributed by atoms with Gasteiger partial charge in [0.2, 0.25) is 0 Å². The summed E-state index contributed by atoms with van der Waals surface area (Å²) in [5.41, 5.74) is 2.82. The van der Waals surface area contributed by atoms with Gasteiger partial charge in [0.15, 0.2) is 0 Å². The Labute approximate surface area is 123 Å². The number of benzene rings is 2. The molecule has 0 aliphatic carbocycles. The highest BCUT2D eigenvalue weighted by atomic mass is 35.5. The molecule has 1 heterocycles. The molecular formula is C16H16ClFN2. The lowest BCUT2D eigenvalue weighted by molar-refractivity contribution is 0.585. The smallest absolute Gasteiger partial charge is 0.146 e. The number of rotatable bonds is 2. The third kappa shape index (κ3) is 2.34. The monoisotopic (exact) mass is 290 g/mol. The van der Waals surface area contributed by atoms with Crippen LogP contribution in [-0.2, 0) is 6.54 Å². The van der Waals surface area contributed by atoms with Gasteiger partial charge in [0.25, 0.3) is 0 Å². The van der Waals surface area contributed by atoms with Gasteiger partial charge in [0.1, 0.15) is 5.82 Å². The van der Waals surface area contributed by atoms with Crippen molar-refractivity contribution < 1.29 is 4.39 Å². The Kier molecular flexibility index (Phi) is 3.53. The summed E-state index contributed by atoms with van der Waals surface area (Å²) in [6.07, 6.45) is 0. The molecule has 0 aromatic heterocycles. The van der Waals surface area contributed by atoms with Crippen LogP contribution in [-0.4, -0.2) is 12.6 Å². The normalized spacial score (nSPS) is 17.6. The first kappa shape index (κ1) is 13.3. The number of nitrogens with zero attached hydrogens (tertiary/aromatic N) is 1. The van der Waals surface area contributed by atoms with Crippen LogP contribution in [0.1, 0.15) is 12.5 Å². The van der Waals surface area contributed by atoms with Crippen molar-refractivity contribution in [1.82, 2.24) is 0 Å². The number of hydrogen-bond acceptors (Lipinski definition) is 2. The SMILES string of the molecule is CC1CNc2ccccc2N1Cc1cccc(Cl)c1F. The first-order valence-electron chi connectivity index (χ1n) is 6.69. The molecule has 0 bridgehead atoms. The second-order valence-electron chi connectivity index (χ2n) is 5.09. The Bertz CT molecular complexity index is 630. The van der Waals surface area contributed by atoms with Gasteiger partial charge in [-0.2, -0.15) is 0 Å². The molecule has 4 heteroatoms. The highest BCUT2D eigenvalue weighted by molar-refractivity contribution is 6.30. The van der Waals surface area contributed by atoms with E-state index in [0.29, 0.717) is 18.2 Å². The average molecular weight is 291 g/mol. The average Bonchev–Trinajstić information content (AvgIpc) is 2.46. The topological polar surface area (TPSA) is 15.3 Å². The molecule has 1 aliphatic rings. The Morgan fingerprint density at radius 1 is 1.25 bits per heavy atom. The Morgan fingerprint density at radius 3 is 2.90 bits per heavy atom. The van der Waals surface area contributed by atoms with Crippen LogP contribution < -0.4 is 10.2 Å². The van der Waals surface area contributed by atoms with Gasteiger partial charge in [0, 0.05) is 24.7 Å². The summed E-state index contributed by atoms with van der Waals surface area (Å²) in [5, 5.41) is 3.57. The fraction of sp³-hybridized carbons (Fsp3) is 0.250. The van der Waals surface area contributed by atoms with Gasteiger partial charge in [-0.25, -0.2) is 4.39 Å². The van der Waals surface area contributed by atoms with Crippen molar-refractivity contribution >= 4 is 23.0 Å². The molecule has 1 unspecified atom stereocenters. The van der Waals surface area contributed by atoms with Crippen LogP contribution in [0.2, 0.25) is 5.02 Å². The molecule has 2 aromatic rings. The minimum Gasteiger partial charge on any atom is -0.381 e. The summed E-state index contributed by atoms with van der Waals surface area (Å²) < 4.78 is 14.1. The van der Waals surface area contributed by atoms with Gasteiger partial charge < -0.3 is 10.2 Å². The van der Waals surface area contributed by atoms with Gasteiger partial charge in [0.05, 0.1) is 16.4 Å². The van der Waals surface area contributed by atoms with E-state index < -0.39 is 0 Å². The van der Waals surface area contributed by atoms with Gasteiger partial charge in [-0.1, -0.05) is 35.9 Å². The molecule has 1 atom stereocenters. The second kappa shape index (κ2) is 5.33. The molecule has 0 amide bonds. The number of para-hydroxylation sites is 2. The number of nitrogens with one attached hydrogen (secondary N) is 1. The predicted molar refractivity (Wildman–Crippen MR) is 82.0 cm³/mol. The van der Waals surface area contributed by atoms with Crippen LogP contribution >= 0.6 is 11.6 Å². The lowest BCUT2D eigenvalue weighted by Gasteiger charge is -2.37. The summed E-state index contributed by atoms with van der Waals surface area (Å²) in [7, 11) is 0. The molecule has 0 radical (unpaired) electrons. The molecule has 0 saturated carbocycles. The summed E-state index contributed by atoms with van der Waals surface area (Å²) in [4.78, 5) is 2.21. The van der Waals surface area contributed by atoms with Gasteiger partial charge in [-0.3, -0.25) is 0 Å². The summed E-state index contributed by atoms with van der Waals surface area (Å²) in [5.74, 6) is -0.322. The molecule has 0 fully saturated rings. The molecular weight excluding hydrogens is 275 g/mol. The molecule has 0 saturated heterocycles. The molecule has 3 rings (SSSR count). The van der Waals surface area contributed by atoms with Crippen molar-refractivity contribution in [2.24, 2.45) is 0 Å². The Balaban J connectivity index is 1.96. The fourth-order valence-corrected chi connectivity index (χ4v) is 2.77. The summed E-state index contributed by atoms with van der Waals surface area (Å²) in [6, 6.07) is 13.6. The largest absolute Gasteiger partial charge is 0.381 e. The van der Waals surface area contributed by atoms with Crippen molar-refractivity contribution in [3.63, 3.8) is 0 Å². The highest BCUT2D eigenvalue weighted by Gasteiger charge is 2.23. The molecule has 2 aromatic carbocycles. The van der Waals surface area contributed by atoms with Crippen LogP contribution in [0.25, 0.3) is 0 Å². The number of halogens is 2. The number of hydrogen-bond donors (Lipinski definition) is 1. The lowest BCUT2D eigenvalue weighted by Crippen LogP contribution is -2.41. The van der Waals surface area contributed by atoms with E-state index in [1.807, 2.05) is 18.2 Å². The van der Waals surface area contributed by atoms with E-state index in [0.717, 1.165) is 17.9 Å². The summed E-state index contributed by atoms with van der Waals surface area (Å²) in [6.45, 7) is 3.50. The van der Waals surface area contributed by atoms with Crippen LogP contribution in [0.15, 0.2) is 42.5 Å². The van der Waals surface area contributed by atoms with Crippen LogP contribution in [0.3, 0.4) is 0 Å². The number of anilines is 2. The van der Waals surface area contributed by atoms with Gasteiger partial charge in [-0.15, -0.1) is 0 Å². The van der Waals surface area contributed by atoms with Crippen molar-refractivity contribution in [3.05, 3.63) is 58.9 Å². The maximum absolute atomic E-state index is 14.1. The zero-order chi connectivity index (χ0) is 14.1.